The molecule has 0 saturated heterocycles. The molecule has 7 heteroatoms. The van der Waals surface area contributed by atoms with Crippen LogP contribution in [0.3, 0.4) is 0 Å². The summed E-state index contributed by atoms with van der Waals surface area (Å²) in [5.74, 6) is -0.151. The van der Waals surface area contributed by atoms with Gasteiger partial charge in [0.05, 0.1) is 35.2 Å². The van der Waals surface area contributed by atoms with Crippen molar-refractivity contribution < 1.29 is 4.79 Å². The molecule has 2 aromatic heterocycles. The number of rotatable bonds is 3. The third kappa shape index (κ3) is 2.27. The van der Waals surface area contributed by atoms with E-state index in [4.69, 9.17) is 0 Å². The number of aromatic nitrogens is 4. The zero-order chi connectivity index (χ0) is 14.1. The first-order valence-electron chi connectivity index (χ1n) is 6.14. The fraction of sp³-hybridized carbons (Fsp3) is 0.231. The second kappa shape index (κ2) is 5.01. The van der Waals surface area contributed by atoms with Gasteiger partial charge in [0, 0.05) is 7.05 Å². The molecule has 0 unspecified atom stereocenters. The van der Waals surface area contributed by atoms with E-state index < -0.39 is 0 Å². The molecule has 102 valence electrons. The molecule has 0 atom stereocenters. The summed E-state index contributed by atoms with van der Waals surface area (Å²) in [6.07, 6.45) is 0. The summed E-state index contributed by atoms with van der Waals surface area (Å²) in [6.45, 7) is 2.36. The molecule has 3 aromatic rings. The number of nitrogens with zero attached hydrogens (tertiary/aromatic N) is 4. The van der Waals surface area contributed by atoms with Gasteiger partial charge in [0.15, 0.2) is 0 Å². The van der Waals surface area contributed by atoms with E-state index in [2.05, 4.69) is 19.2 Å². The highest BCUT2D eigenvalue weighted by molar-refractivity contribution is 7.00. The highest BCUT2D eigenvalue weighted by Gasteiger charge is 2.13. The van der Waals surface area contributed by atoms with Gasteiger partial charge in [-0.2, -0.15) is 13.8 Å². The maximum Gasteiger partial charge on any atom is 0.253 e. The lowest BCUT2D eigenvalue weighted by Gasteiger charge is -2.05. The number of amides is 1. The van der Waals surface area contributed by atoms with E-state index in [1.807, 2.05) is 32.2 Å². The van der Waals surface area contributed by atoms with E-state index in [9.17, 15) is 4.79 Å². The van der Waals surface area contributed by atoms with Crippen LogP contribution in [-0.4, -0.2) is 24.4 Å². The van der Waals surface area contributed by atoms with Crippen LogP contribution in [0.5, 0.6) is 0 Å². The third-order valence-electron chi connectivity index (χ3n) is 3.06. The van der Waals surface area contributed by atoms with Crippen molar-refractivity contribution in [2.45, 2.75) is 13.5 Å². The molecule has 3 rings (SSSR count). The summed E-state index contributed by atoms with van der Waals surface area (Å²) >= 11 is 1.11. The van der Waals surface area contributed by atoms with Crippen LogP contribution in [0.2, 0.25) is 0 Å². The zero-order valence-electron chi connectivity index (χ0n) is 11.1. The standard InChI is InChI=1S/C13H13N5OS/c1-8-6-9(18(2)15-8)7-14-13(19)10-4-3-5-11-12(10)17-20-16-11/h3-6H,7H2,1-2H3,(H,14,19). The number of carbonyl (C=O) groups is 1. The number of carbonyl (C=O) groups excluding carboxylic acids is 1. The molecular formula is C13H13N5OS. The van der Waals surface area contributed by atoms with E-state index in [-0.39, 0.29) is 5.91 Å². The molecule has 0 radical (unpaired) electrons. The van der Waals surface area contributed by atoms with Gasteiger partial charge in [-0.25, -0.2) is 0 Å². The number of aryl methyl sites for hydroxylation is 2. The topological polar surface area (TPSA) is 72.7 Å². The molecule has 2 heterocycles. The SMILES string of the molecule is Cc1cc(CNC(=O)c2cccc3nsnc23)n(C)n1. The quantitative estimate of drug-likeness (QED) is 0.795. The van der Waals surface area contributed by atoms with E-state index in [0.29, 0.717) is 17.6 Å². The minimum absolute atomic E-state index is 0.151. The third-order valence-corrected chi connectivity index (χ3v) is 3.60. The lowest BCUT2D eigenvalue weighted by atomic mass is 10.1. The van der Waals surface area contributed by atoms with Gasteiger partial charge in [-0.05, 0) is 25.1 Å². The summed E-state index contributed by atoms with van der Waals surface area (Å²) in [6, 6.07) is 7.37. The maximum absolute atomic E-state index is 12.2. The second-order valence-electron chi connectivity index (χ2n) is 4.52. The van der Waals surface area contributed by atoms with Crippen molar-refractivity contribution in [2.24, 2.45) is 7.05 Å². The molecule has 0 saturated carbocycles. The van der Waals surface area contributed by atoms with E-state index in [1.165, 1.54) is 0 Å². The molecule has 0 spiro atoms. The molecule has 1 amide bonds. The van der Waals surface area contributed by atoms with Crippen molar-refractivity contribution in [3.05, 3.63) is 41.2 Å². The van der Waals surface area contributed by atoms with Gasteiger partial charge in [0.25, 0.3) is 5.91 Å². The van der Waals surface area contributed by atoms with Crippen LogP contribution in [0.25, 0.3) is 11.0 Å². The molecule has 0 aliphatic heterocycles. The van der Waals surface area contributed by atoms with Crippen molar-refractivity contribution in [2.75, 3.05) is 0 Å². The Balaban J connectivity index is 1.80. The number of hydrogen-bond donors (Lipinski definition) is 1. The highest BCUT2D eigenvalue weighted by Crippen LogP contribution is 2.16. The summed E-state index contributed by atoms with van der Waals surface area (Å²) < 4.78 is 10.1. The maximum atomic E-state index is 12.2. The van der Waals surface area contributed by atoms with Crippen molar-refractivity contribution in [1.82, 2.24) is 23.8 Å². The lowest BCUT2D eigenvalue weighted by Crippen LogP contribution is -2.24. The Hall–Kier alpha value is -2.28. The van der Waals surface area contributed by atoms with Gasteiger partial charge in [-0.15, -0.1) is 0 Å². The first-order chi connectivity index (χ1) is 9.65. The summed E-state index contributed by atoms with van der Waals surface area (Å²) in [5.41, 5.74) is 3.84. The van der Waals surface area contributed by atoms with Crippen molar-refractivity contribution >= 4 is 28.7 Å². The Morgan fingerprint density at radius 3 is 3.00 bits per heavy atom. The summed E-state index contributed by atoms with van der Waals surface area (Å²) in [5, 5.41) is 7.14. The Bertz CT molecular complexity index is 776. The van der Waals surface area contributed by atoms with Crippen molar-refractivity contribution in [1.29, 1.82) is 0 Å². The monoisotopic (exact) mass is 287 g/mol. The smallest absolute Gasteiger partial charge is 0.253 e. The van der Waals surface area contributed by atoms with Gasteiger partial charge < -0.3 is 5.32 Å². The van der Waals surface area contributed by atoms with Crippen LogP contribution in [0, 0.1) is 6.92 Å². The minimum atomic E-state index is -0.151. The molecule has 0 aliphatic rings. The van der Waals surface area contributed by atoms with Crippen LogP contribution in [0.4, 0.5) is 0 Å². The molecule has 6 nitrogen and oxygen atoms in total. The number of nitrogens with one attached hydrogen (secondary N) is 1. The molecule has 20 heavy (non-hydrogen) atoms. The summed E-state index contributed by atoms with van der Waals surface area (Å²) in [4.78, 5) is 12.2. The van der Waals surface area contributed by atoms with Crippen LogP contribution in [0.1, 0.15) is 21.7 Å². The van der Waals surface area contributed by atoms with Gasteiger partial charge >= 0.3 is 0 Å². The lowest BCUT2D eigenvalue weighted by molar-refractivity contribution is 0.0951. The molecule has 1 N–H and O–H groups in total. The first-order valence-corrected chi connectivity index (χ1v) is 6.87. The largest absolute Gasteiger partial charge is 0.346 e. The predicted molar refractivity (Wildman–Crippen MR) is 76.5 cm³/mol. The van der Waals surface area contributed by atoms with E-state index >= 15 is 0 Å². The predicted octanol–water partition coefficient (Wildman–Crippen LogP) is 1.66. The summed E-state index contributed by atoms with van der Waals surface area (Å²) in [7, 11) is 1.86. The Morgan fingerprint density at radius 2 is 2.25 bits per heavy atom. The number of benzene rings is 1. The van der Waals surface area contributed by atoms with Crippen molar-refractivity contribution in [3.63, 3.8) is 0 Å². The molecule has 0 bridgehead atoms. The fourth-order valence-electron chi connectivity index (χ4n) is 2.09. The Kier molecular flexibility index (Phi) is 3.19. The zero-order valence-corrected chi connectivity index (χ0v) is 11.9. The number of hydrogen-bond acceptors (Lipinski definition) is 5. The van der Waals surface area contributed by atoms with Crippen LogP contribution >= 0.6 is 11.7 Å². The van der Waals surface area contributed by atoms with Crippen LogP contribution < -0.4 is 5.32 Å². The first kappa shape index (κ1) is 12.7. The second-order valence-corrected chi connectivity index (χ2v) is 5.05. The van der Waals surface area contributed by atoms with Crippen LogP contribution in [0.15, 0.2) is 24.3 Å². The molecule has 0 fully saturated rings. The minimum Gasteiger partial charge on any atom is -0.346 e. The van der Waals surface area contributed by atoms with E-state index in [0.717, 1.165) is 28.6 Å². The fourth-order valence-corrected chi connectivity index (χ4v) is 2.63. The molecule has 1 aromatic carbocycles. The van der Waals surface area contributed by atoms with E-state index in [1.54, 1.807) is 10.7 Å². The van der Waals surface area contributed by atoms with Gasteiger partial charge in [-0.3, -0.25) is 9.48 Å². The average molecular weight is 287 g/mol. The van der Waals surface area contributed by atoms with Gasteiger partial charge in [0.2, 0.25) is 0 Å². The van der Waals surface area contributed by atoms with Crippen molar-refractivity contribution in [3.8, 4) is 0 Å². The molecule has 0 aliphatic carbocycles. The Labute approximate surface area is 119 Å². The molecular weight excluding hydrogens is 274 g/mol. The normalized spacial score (nSPS) is 10.9. The van der Waals surface area contributed by atoms with Gasteiger partial charge in [0.1, 0.15) is 11.0 Å². The average Bonchev–Trinajstić information content (AvgIpc) is 3.01. The van der Waals surface area contributed by atoms with Crippen LogP contribution in [-0.2, 0) is 13.6 Å². The Morgan fingerprint density at radius 1 is 1.40 bits per heavy atom. The van der Waals surface area contributed by atoms with Gasteiger partial charge in [-0.1, -0.05) is 6.07 Å². The highest BCUT2D eigenvalue weighted by atomic mass is 32.1. The number of fused-ring (bicyclic) bond motifs is 1.